The van der Waals surface area contributed by atoms with E-state index < -0.39 is 0 Å². The van der Waals surface area contributed by atoms with Crippen LogP contribution in [0.15, 0.2) is 24.7 Å². The van der Waals surface area contributed by atoms with Gasteiger partial charge in [-0.25, -0.2) is 0 Å². The van der Waals surface area contributed by atoms with Crippen molar-refractivity contribution < 1.29 is 0 Å². The van der Waals surface area contributed by atoms with Gasteiger partial charge in [0.15, 0.2) is 0 Å². The Bertz CT molecular complexity index is 457. The van der Waals surface area contributed by atoms with Gasteiger partial charge in [-0.1, -0.05) is 0 Å². The fraction of sp³-hybridized carbons (Fsp3) is 0.500. The van der Waals surface area contributed by atoms with Crippen LogP contribution in [-0.4, -0.2) is 25.6 Å². The molecule has 92 valence electrons. The number of rotatable bonds is 5. The molecule has 2 aromatic rings. The summed E-state index contributed by atoms with van der Waals surface area (Å²) in [5.74, 6) is 0. The topological polar surface area (TPSA) is 47.7 Å². The predicted octanol–water partition coefficient (Wildman–Crippen LogP) is 1.10. The number of aromatic nitrogens is 4. The van der Waals surface area contributed by atoms with Crippen LogP contribution < -0.4 is 5.32 Å². The molecule has 0 saturated carbocycles. The van der Waals surface area contributed by atoms with Crippen LogP contribution in [0.1, 0.15) is 18.2 Å². The van der Waals surface area contributed by atoms with Crippen molar-refractivity contribution in [1.29, 1.82) is 0 Å². The van der Waals surface area contributed by atoms with E-state index in [0.29, 0.717) is 6.04 Å². The highest BCUT2D eigenvalue weighted by Gasteiger charge is 2.06. The second kappa shape index (κ2) is 5.14. The Hall–Kier alpha value is -1.62. The smallest absolute Gasteiger partial charge is 0.0638 e. The lowest BCUT2D eigenvalue weighted by Crippen LogP contribution is -2.30. The third-order valence-electron chi connectivity index (χ3n) is 2.78. The van der Waals surface area contributed by atoms with Crippen LogP contribution in [0, 0.1) is 6.92 Å². The quantitative estimate of drug-likeness (QED) is 0.841. The molecule has 2 aromatic heterocycles. The van der Waals surface area contributed by atoms with E-state index in [9.17, 15) is 0 Å². The highest BCUT2D eigenvalue weighted by molar-refractivity contribution is 5.14. The highest BCUT2D eigenvalue weighted by Crippen LogP contribution is 2.04. The van der Waals surface area contributed by atoms with Gasteiger partial charge in [0.2, 0.25) is 0 Å². The average molecular weight is 233 g/mol. The minimum absolute atomic E-state index is 0.384. The van der Waals surface area contributed by atoms with Crippen LogP contribution in [0.5, 0.6) is 0 Å². The molecule has 0 bridgehead atoms. The van der Waals surface area contributed by atoms with E-state index in [-0.39, 0.29) is 0 Å². The second-order valence-electron chi connectivity index (χ2n) is 4.42. The Morgan fingerprint density at radius 3 is 2.88 bits per heavy atom. The molecule has 17 heavy (non-hydrogen) atoms. The largest absolute Gasteiger partial charge is 0.308 e. The first kappa shape index (κ1) is 11.9. The molecule has 1 N–H and O–H groups in total. The van der Waals surface area contributed by atoms with Gasteiger partial charge in [-0.15, -0.1) is 0 Å². The van der Waals surface area contributed by atoms with Crippen LogP contribution >= 0.6 is 0 Å². The summed E-state index contributed by atoms with van der Waals surface area (Å²) < 4.78 is 3.79. The number of nitrogens with one attached hydrogen (secondary N) is 1. The molecular weight excluding hydrogens is 214 g/mol. The molecular formula is C12H19N5. The molecule has 5 nitrogen and oxygen atoms in total. The summed E-state index contributed by atoms with van der Waals surface area (Å²) in [6.07, 6.45) is 5.84. The Labute approximate surface area is 101 Å². The molecule has 0 saturated heterocycles. The van der Waals surface area contributed by atoms with Crippen molar-refractivity contribution >= 4 is 0 Å². The molecule has 0 aromatic carbocycles. The minimum Gasteiger partial charge on any atom is -0.308 e. The summed E-state index contributed by atoms with van der Waals surface area (Å²) >= 11 is 0. The Morgan fingerprint density at radius 1 is 1.47 bits per heavy atom. The first-order valence-electron chi connectivity index (χ1n) is 5.85. The number of aryl methyl sites for hydroxylation is 2. The third-order valence-corrected chi connectivity index (χ3v) is 2.78. The zero-order valence-electron chi connectivity index (χ0n) is 10.6. The van der Waals surface area contributed by atoms with Gasteiger partial charge in [-0.2, -0.15) is 10.2 Å². The van der Waals surface area contributed by atoms with Crippen molar-refractivity contribution in [3.8, 4) is 0 Å². The van der Waals surface area contributed by atoms with Crippen molar-refractivity contribution in [3.63, 3.8) is 0 Å². The summed E-state index contributed by atoms with van der Waals surface area (Å²) in [6, 6.07) is 2.33. The summed E-state index contributed by atoms with van der Waals surface area (Å²) in [5, 5.41) is 12.0. The predicted molar refractivity (Wildman–Crippen MR) is 66.5 cm³/mol. The maximum atomic E-state index is 4.32. The Morgan fingerprint density at radius 2 is 2.29 bits per heavy atom. The molecule has 0 amide bonds. The van der Waals surface area contributed by atoms with Gasteiger partial charge >= 0.3 is 0 Å². The molecule has 5 heteroatoms. The fourth-order valence-corrected chi connectivity index (χ4v) is 1.86. The Balaban J connectivity index is 1.84. The van der Waals surface area contributed by atoms with E-state index in [1.54, 1.807) is 6.20 Å². The van der Waals surface area contributed by atoms with Gasteiger partial charge < -0.3 is 5.32 Å². The van der Waals surface area contributed by atoms with Gasteiger partial charge in [0.05, 0.1) is 12.2 Å². The lowest BCUT2D eigenvalue weighted by atomic mass is 10.2. The average Bonchev–Trinajstić information content (AvgIpc) is 2.86. The van der Waals surface area contributed by atoms with Gasteiger partial charge in [0.1, 0.15) is 0 Å². The molecule has 2 heterocycles. The van der Waals surface area contributed by atoms with Crippen LogP contribution in [0.4, 0.5) is 0 Å². The van der Waals surface area contributed by atoms with Crippen LogP contribution in [0.3, 0.4) is 0 Å². The first-order chi connectivity index (χ1) is 8.15. The molecule has 0 aliphatic carbocycles. The molecule has 0 aliphatic heterocycles. The van der Waals surface area contributed by atoms with Crippen molar-refractivity contribution in [2.75, 3.05) is 0 Å². The van der Waals surface area contributed by atoms with Gasteiger partial charge in [-0.05, 0) is 19.9 Å². The number of hydrogen-bond donors (Lipinski definition) is 1. The van der Waals surface area contributed by atoms with Crippen molar-refractivity contribution in [1.82, 2.24) is 24.9 Å². The molecule has 2 rings (SSSR count). The zero-order chi connectivity index (χ0) is 12.3. The summed E-state index contributed by atoms with van der Waals surface area (Å²) in [7, 11) is 1.95. The van der Waals surface area contributed by atoms with Crippen LogP contribution in [0.2, 0.25) is 0 Å². The van der Waals surface area contributed by atoms with Crippen molar-refractivity contribution in [2.45, 2.75) is 33.0 Å². The van der Waals surface area contributed by atoms with Crippen molar-refractivity contribution in [3.05, 3.63) is 35.9 Å². The minimum atomic E-state index is 0.384. The SMILES string of the molecule is Cc1nn(C)cc1CNC(C)Cn1cccn1. The number of nitrogens with zero attached hydrogens (tertiary/aromatic N) is 4. The lowest BCUT2D eigenvalue weighted by molar-refractivity contribution is 0.450. The highest BCUT2D eigenvalue weighted by atomic mass is 15.3. The van der Waals surface area contributed by atoms with Gasteiger partial charge in [0, 0.05) is 43.8 Å². The zero-order valence-corrected chi connectivity index (χ0v) is 10.6. The molecule has 1 atom stereocenters. The van der Waals surface area contributed by atoms with E-state index in [2.05, 4.69) is 28.6 Å². The summed E-state index contributed by atoms with van der Waals surface area (Å²) in [6.45, 7) is 5.93. The first-order valence-corrected chi connectivity index (χ1v) is 5.85. The second-order valence-corrected chi connectivity index (χ2v) is 4.42. The number of hydrogen-bond acceptors (Lipinski definition) is 3. The molecule has 0 fully saturated rings. The van der Waals surface area contributed by atoms with E-state index in [1.165, 1.54) is 5.56 Å². The van der Waals surface area contributed by atoms with Crippen LogP contribution in [0.25, 0.3) is 0 Å². The standard InChI is InChI=1S/C12H19N5/c1-10(8-17-6-4-5-14-17)13-7-12-9-16(3)15-11(12)2/h4-6,9-10,13H,7-8H2,1-3H3. The van der Waals surface area contributed by atoms with E-state index in [1.807, 2.05) is 35.6 Å². The van der Waals surface area contributed by atoms with Gasteiger partial charge in [-0.3, -0.25) is 9.36 Å². The van der Waals surface area contributed by atoms with Crippen LogP contribution in [-0.2, 0) is 20.1 Å². The van der Waals surface area contributed by atoms with E-state index in [4.69, 9.17) is 0 Å². The lowest BCUT2D eigenvalue weighted by Gasteiger charge is -2.13. The Kier molecular flexibility index (Phi) is 3.58. The maximum Gasteiger partial charge on any atom is 0.0638 e. The van der Waals surface area contributed by atoms with E-state index >= 15 is 0 Å². The molecule has 0 aliphatic rings. The maximum absolute atomic E-state index is 4.32. The molecule has 0 spiro atoms. The third kappa shape index (κ3) is 3.17. The van der Waals surface area contributed by atoms with Gasteiger partial charge in [0.25, 0.3) is 0 Å². The van der Waals surface area contributed by atoms with E-state index in [0.717, 1.165) is 18.8 Å². The summed E-state index contributed by atoms with van der Waals surface area (Å²) in [5.41, 5.74) is 2.34. The normalized spacial score (nSPS) is 12.9. The fourth-order valence-electron chi connectivity index (χ4n) is 1.86. The molecule has 0 radical (unpaired) electrons. The molecule has 1 unspecified atom stereocenters. The van der Waals surface area contributed by atoms with Crippen molar-refractivity contribution in [2.24, 2.45) is 7.05 Å². The monoisotopic (exact) mass is 233 g/mol. The summed E-state index contributed by atoms with van der Waals surface area (Å²) in [4.78, 5) is 0.